The van der Waals surface area contributed by atoms with Crippen LogP contribution in [-0.2, 0) is 4.79 Å². The first-order valence-corrected chi connectivity index (χ1v) is 11.0. The lowest BCUT2D eigenvalue weighted by atomic mass is 9.95. The van der Waals surface area contributed by atoms with Crippen LogP contribution in [0.5, 0.6) is 0 Å². The van der Waals surface area contributed by atoms with E-state index in [1.165, 1.54) is 6.26 Å². The second kappa shape index (κ2) is 9.23. The second-order valence-corrected chi connectivity index (χ2v) is 8.53. The number of furan rings is 1. The van der Waals surface area contributed by atoms with E-state index in [4.69, 9.17) is 16.0 Å². The minimum absolute atomic E-state index is 0.129. The van der Waals surface area contributed by atoms with Crippen LogP contribution in [0.3, 0.4) is 0 Å². The number of benzene rings is 1. The summed E-state index contributed by atoms with van der Waals surface area (Å²) in [6, 6.07) is 11.5. The maximum absolute atomic E-state index is 13.1. The van der Waals surface area contributed by atoms with Gasteiger partial charge in [-0.2, -0.15) is 0 Å². The minimum Gasteiger partial charge on any atom is -0.459 e. The molecule has 2 fully saturated rings. The van der Waals surface area contributed by atoms with Crippen molar-refractivity contribution in [2.45, 2.75) is 25.8 Å². The van der Waals surface area contributed by atoms with Crippen molar-refractivity contribution >= 4 is 23.4 Å². The zero-order valence-electron chi connectivity index (χ0n) is 17.3. The predicted octanol–water partition coefficient (Wildman–Crippen LogP) is 3.69. The lowest BCUT2D eigenvalue weighted by Gasteiger charge is -2.41. The Hall–Kier alpha value is -2.31. The third-order valence-electron chi connectivity index (χ3n) is 6.32. The number of hydrogen-bond acceptors (Lipinski definition) is 4. The molecule has 2 atom stereocenters. The summed E-state index contributed by atoms with van der Waals surface area (Å²) in [6.07, 6.45) is 3.17. The molecule has 2 aromatic rings. The van der Waals surface area contributed by atoms with E-state index in [-0.39, 0.29) is 23.8 Å². The van der Waals surface area contributed by atoms with Gasteiger partial charge in [-0.25, -0.2) is 0 Å². The smallest absolute Gasteiger partial charge is 0.289 e. The predicted molar refractivity (Wildman–Crippen MR) is 115 cm³/mol. The number of carbonyl (C=O) groups excluding carboxylic acids is 2. The van der Waals surface area contributed by atoms with Crippen molar-refractivity contribution in [3.05, 3.63) is 59.0 Å². The number of piperazine rings is 1. The molecule has 0 N–H and O–H groups in total. The molecule has 3 heterocycles. The topological polar surface area (TPSA) is 57.0 Å². The molecule has 2 saturated heterocycles. The molecule has 2 aliphatic heterocycles. The average molecular weight is 430 g/mol. The Balaban J connectivity index is 1.33. The number of hydrogen-bond donors (Lipinski definition) is 0. The molecule has 1 aromatic heterocycles. The Bertz CT molecular complexity index is 878. The summed E-state index contributed by atoms with van der Waals surface area (Å²) in [4.78, 5) is 31.8. The fraction of sp³-hybridized carbons (Fsp3) is 0.478. The third kappa shape index (κ3) is 4.40. The van der Waals surface area contributed by atoms with Gasteiger partial charge in [0.1, 0.15) is 0 Å². The quantitative estimate of drug-likeness (QED) is 0.743. The molecular weight excluding hydrogens is 402 g/mol. The van der Waals surface area contributed by atoms with Crippen molar-refractivity contribution in [1.82, 2.24) is 14.7 Å². The molecule has 0 bridgehead atoms. The van der Waals surface area contributed by atoms with Gasteiger partial charge >= 0.3 is 0 Å². The Kier molecular flexibility index (Phi) is 6.44. The molecule has 0 aliphatic carbocycles. The zero-order chi connectivity index (χ0) is 21.1. The molecule has 6 nitrogen and oxygen atoms in total. The molecule has 2 unspecified atom stereocenters. The van der Waals surface area contributed by atoms with Gasteiger partial charge in [-0.15, -0.1) is 0 Å². The summed E-state index contributed by atoms with van der Waals surface area (Å²) in [7, 11) is 0. The Morgan fingerprint density at radius 2 is 1.80 bits per heavy atom. The zero-order valence-corrected chi connectivity index (χ0v) is 18.1. The molecule has 0 saturated carbocycles. The van der Waals surface area contributed by atoms with Crippen molar-refractivity contribution < 1.29 is 14.0 Å². The summed E-state index contributed by atoms with van der Waals surface area (Å²) in [6.45, 7) is 6.35. The Morgan fingerprint density at radius 1 is 1.03 bits per heavy atom. The normalized spacial score (nSPS) is 21.5. The summed E-state index contributed by atoms with van der Waals surface area (Å²) < 4.78 is 5.24. The van der Waals surface area contributed by atoms with Gasteiger partial charge < -0.3 is 14.2 Å². The maximum atomic E-state index is 13.1. The van der Waals surface area contributed by atoms with Crippen LogP contribution in [-0.4, -0.2) is 65.8 Å². The van der Waals surface area contributed by atoms with Crippen LogP contribution in [0.1, 0.15) is 41.9 Å². The number of rotatable bonds is 4. The first-order chi connectivity index (χ1) is 14.5. The summed E-state index contributed by atoms with van der Waals surface area (Å²) in [5, 5.41) is 0.784. The van der Waals surface area contributed by atoms with E-state index in [2.05, 4.69) is 17.9 Å². The Morgan fingerprint density at radius 3 is 2.50 bits per heavy atom. The summed E-state index contributed by atoms with van der Waals surface area (Å²) in [5.41, 5.74) is 1.12. The van der Waals surface area contributed by atoms with Gasteiger partial charge in [0.15, 0.2) is 5.76 Å². The van der Waals surface area contributed by atoms with Crippen LogP contribution in [0.4, 0.5) is 0 Å². The highest BCUT2D eigenvalue weighted by atomic mass is 35.5. The highest BCUT2D eigenvalue weighted by Crippen LogP contribution is 2.28. The highest BCUT2D eigenvalue weighted by Gasteiger charge is 2.34. The molecule has 2 aliphatic rings. The fourth-order valence-electron chi connectivity index (χ4n) is 4.52. The van der Waals surface area contributed by atoms with Crippen molar-refractivity contribution in [2.75, 3.05) is 39.3 Å². The van der Waals surface area contributed by atoms with E-state index in [9.17, 15) is 9.59 Å². The molecule has 1 aromatic carbocycles. The number of piperidine rings is 1. The molecular formula is C23H28ClN3O3. The maximum Gasteiger partial charge on any atom is 0.289 e. The van der Waals surface area contributed by atoms with Crippen molar-refractivity contribution in [3.63, 3.8) is 0 Å². The van der Waals surface area contributed by atoms with Gasteiger partial charge in [0.25, 0.3) is 5.91 Å². The number of likely N-dealkylation sites (tertiary alicyclic amines) is 1. The van der Waals surface area contributed by atoms with Gasteiger partial charge in [0, 0.05) is 50.3 Å². The molecule has 160 valence electrons. The molecule has 0 spiro atoms. The van der Waals surface area contributed by atoms with E-state index in [1.54, 1.807) is 17.0 Å². The van der Waals surface area contributed by atoms with Gasteiger partial charge in [0.05, 0.1) is 12.2 Å². The Labute approximate surface area is 182 Å². The van der Waals surface area contributed by atoms with E-state index in [0.717, 1.165) is 36.5 Å². The van der Waals surface area contributed by atoms with Crippen LogP contribution in [0.15, 0.2) is 47.1 Å². The van der Waals surface area contributed by atoms with E-state index in [0.29, 0.717) is 31.9 Å². The van der Waals surface area contributed by atoms with Crippen LogP contribution < -0.4 is 0 Å². The van der Waals surface area contributed by atoms with Crippen molar-refractivity contribution in [3.8, 4) is 0 Å². The van der Waals surface area contributed by atoms with Gasteiger partial charge in [-0.1, -0.05) is 29.8 Å². The van der Waals surface area contributed by atoms with Gasteiger partial charge in [0.2, 0.25) is 5.91 Å². The number of carbonyl (C=O) groups is 2. The summed E-state index contributed by atoms with van der Waals surface area (Å²) in [5.74, 6) is 0.239. The number of nitrogens with zero attached hydrogens (tertiary/aromatic N) is 3. The molecule has 2 amide bonds. The van der Waals surface area contributed by atoms with Crippen LogP contribution in [0.25, 0.3) is 0 Å². The first-order valence-electron chi connectivity index (χ1n) is 10.6. The van der Waals surface area contributed by atoms with Crippen LogP contribution in [0, 0.1) is 5.92 Å². The number of halogens is 1. The third-order valence-corrected chi connectivity index (χ3v) is 6.66. The van der Waals surface area contributed by atoms with E-state index in [1.807, 2.05) is 23.1 Å². The second-order valence-electron chi connectivity index (χ2n) is 8.13. The fourth-order valence-corrected chi connectivity index (χ4v) is 4.81. The van der Waals surface area contributed by atoms with E-state index >= 15 is 0 Å². The van der Waals surface area contributed by atoms with Gasteiger partial charge in [-0.05, 0) is 43.5 Å². The molecule has 30 heavy (non-hydrogen) atoms. The SMILES string of the molecule is CC(c1ccccc1Cl)N1CCN(C(=O)C2CCCN(C(=O)c3ccco3)C2)CC1. The van der Waals surface area contributed by atoms with E-state index < -0.39 is 0 Å². The average Bonchev–Trinajstić information content (AvgIpc) is 3.33. The summed E-state index contributed by atoms with van der Waals surface area (Å²) >= 11 is 6.37. The van der Waals surface area contributed by atoms with Crippen molar-refractivity contribution in [1.29, 1.82) is 0 Å². The number of amides is 2. The molecule has 0 radical (unpaired) electrons. The van der Waals surface area contributed by atoms with Crippen LogP contribution >= 0.6 is 11.6 Å². The largest absolute Gasteiger partial charge is 0.459 e. The first kappa shape index (κ1) is 20.9. The monoisotopic (exact) mass is 429 g/mol. The minimum atomic E-state index is -0.134. The standard InChI is InChI=1S/C23H28ClN3O3/c1-17(19-7-2-3-8-20(19)24)25-11-13-26(14-12-25)22(28)18-6-4-10-27(16-18)23(29)21-9-5-15-30-21/h2-3,5,7-9,15,17-18H,4,6,10-14,16H2,1H3. The van der Waals surface area contributed by atoms with Crippen molar-refractivity contribution in [2.24, 2.45) is 5.92 Å². The van der Waals surface area contributed by atoms with Gasteiger partial charge in [-0.3, -0.25) is 14.5 Å². The molecule has 7 heteroatoms. The van der Waals surface area contributed by atoms with Crippen LogP contribution in [0.2, 0.25) is 5.02 Å². The molecule has 4 rings (SSSR count). The highest BCUT2D eigenvalue weighted by molar-refractivity contribution is 6.31. The lowest BCUT2D eigenvalue weighted by Crippen LogP contribution is -2.53. The lowest BCUT2D eigenvalue weighted by molar-refractivity contribution is -0.139.